The quantitative estimate of drug-likeness (QED) is 0.168. The summed E-state index contributed by atoms with van der Waals surface area (Å²) in [6.07, 6.45) is -5.89. The molecule has 0 spiro atoms. The van der Waals surface area contributed by atoms with Gasteiger partial charge >= 0.3 is 5.97 Å². The Morgan fingerprint density at radius 1 is 1.03 bits per heavy atom. The number of benzene rings is 2. The van der Waals surface area contributed by atoms with Crippen LogP contribution in [-0.2, 0) is 16.0 Å². The molecule has 0 aromatic heterocycles. The smallest absolute Gasteiger partial charge is 0.311 e. The fraction of sp³-hybridized carbons (Fsp3) is 0.500. The van der Waals surface area contributed by atoms with Crippen LogP contribution in [0.5, 0.6) is 5.75 Å². The number of anilines is 2. The largest absolute Gasteiger partial charge is 0.427 e. The van der Waals surface area contributed by atoms with Crippen LogP contribution in [0.25, 0.3) is 0 Å². The summed E-state index contributed by atoms with van der Waals surface area (Å²) in [4.78, 5) is 14.4. The first-order valence-electron chi connectivity index (χ1n) is 12.2. The van der Waals surface area contributed by atoms with Gasteiger partial charge in [-0.05, 0) is 54.8 Å². The van der Waals surface area contributed by atoms with Crippen molar-refractivity contribution in [1.82, 2.24) is 0 Å². The molecule has 11 heteroatoms. The van der Waals surface area contributed by atoms with E-state index in [0.717, 1.165) is 30.8 Å². The molecule has 0 unspecified atom stereocenters. The van der Waals surface area contributed by atoms with Crippen LogP contribution in [-0.4, -0.2) is 83.5 Å². The zero-order chi connectivity index (χ0) is 26.8. The van der Waals surface area contributed by atoms with Crippen molar-refractivity contribution in [3.05, 3.63) is 54.1 Å². The SMILES string of the molecule is O=C(CCCc1ccc(N(CCCl)CCCl)cc1)Oc1ccc(N[C@@H]2O[C@H](CO)[C@@H](O)[C@H](O)[C@H]2F)cc1. The van der Waals surface area contributed by atoms with Crippen molar-refractivity contribution in [2.24, 2.45) is 0 Å². The second-order valence-electron chi connectivity index (χ2n) is 8.73. The summed E-state index contributed by atoms with van der Waals surface area (Å²) in [5.74, 6) is 1.01. The standard InChI is InChI=1S/C26H33Cl2FN2O6/c27-12-14-31(15-13-28)19-8-4-17(5-9-19)2-1-3-22(33)36-20-10-6-18(7-11-20)30-26-23(29)25(35)24(34)21(16-32)37-26/h4-11,21,23-26,30,32,34-35H,1-3,12-16H2/t21-,23-,24-,25-,26-/m1/s1. The summed E-state index contributed by atoms with van der Waals surface area (Å²) >= 11 is 11.7. The minimum atomic E-state index is -1.90. The molecule has 37 heavy (non-hydrogen) atoms. The minimum absolute atomic E-state index is 0.245. The van der Waals surface area contributed by atoms with Crippen molar-refractivity contribution in [1.29, 1.82) is 0 Å². The minimum Gasteiger partial charge on any atom is -0.427 e. The van der Waals surface area contributed by atoms with Gasteiger partial charge in [-0.25, -0.2) is 4.39 Å². The first-order valence-corrected chi connectivity index (χ1v) is 13.2. The van der Waals surface area contributed by atoms with Crippen molar-refractivity contribution < 1.29 is 34.0 Å². The Kier molecular flexibility index (Phi) is 11.7. The number of halogens is 3. The molecular formula is C26H33Cl2FN2O6. The van der Waals surface area contributed by atoms with E-state index in [0.29, 0.717) is 29.6 Å². The Hall–Kier alpha value is -2.14. The van der Waals surface area contributed by atoms with Crippen LogP contribution in [0.3, 0.4) is 0 Å². The van der Waals surface area contributed by atoms with E-state index in [-0.39, 0.29) is 12.4 Å². The highest BCUT2D eigenvalue weighted by Gasteiger charge is 2.44. The van der Waals surface area contributed by atoms with Gasteiger partial charge < -0.3 is 35.0 Å². The number of ether oxygens (including phenoxy) is 2. The van der Waals surface area contributed by atoms with Gasteiger partial charge in [0.25, 0.3) is 0 Å². The lowest BCUT2D eigenvalue weighted by molar-refractivity contribution is -0.204. The third-order valence-corrected chi connectivity index (χ3v) is 6.44. The summed E-state index contributed by atoms with van der Waals surface area (Å²) in [5, 5.41) is 31.6. The van der Waals surface area contributed by atoms with Gasteiger partial charge in [0.2, 0.25) is 0 Å². The number of aryl methyl sites for hydroxylation is 1. The van der Waals surface area contributed by atoms with Gasteiger partial charge in [-0.1, -0.05) is 12.1 Å². The van der Waals surface area contributed by atoms with Gasteiger partial charge in [-0.2, -0.15) is 0 Å². The molecule has 1 aliphatic rings. The van der Waals surface area contributed by atoms with Crippen LogP contribution >= 0.6 is 23.2 Å². The maximum absolute atomic E-state index is 14.3. The average Bonchev–Trinajstić information content (AvgIpc) is 2.90. The maximum Gasteiger partial charge on any atom is 0.311 e. The second kappa shape index (κ2) is 14.7. The zero-order valence-electron chi connectivity index (χ0n) is 20.3. The molecule has 1 fully saturated rings. The molecule has 0 radical (unpaired) electrons. The van der Waals surface area contributed by atoms with Gasteiger partial charge in [0.1, 0.15) is 24.1 Å². The van der Waals surface area contributed by atoms with Crippen LogP contribution in [0.15, 0.2) is 48.5 Å². The van der Waals surface area contributed by atoms with Crippen molar-refractivity contribution in [3.63, 3.8) is 0 Å². The predicted octanol–water partition coefficient (Wildman–Crippen LogP) is 3.09. The van der Waals surface area contributed by atoms with Crippen molar-refractivity contribution in [2.75, 3.05) is 41.7 Å². The molecule has 8 nitrogen and oxygen atoms in total. The van der Waals surface area contributed by atoms with Crippen molar-refractivity contribution in [2.45, 2.75) is 50.0 Å². The summed E-state index contributed by atoms with van der Waals surface area (Å²) in [6, 6.07) is 14.4. The fourth-order valence-corrected chi connectivity index (χ4v) is 4.45. The van der Waals surface area contributed by atoms with Gasteiger partial charge in [0.15, 0.2) is 12.4 Å². The first-order chi connectivity index (χ1) is 17.9. The molecule has 3 rings (SSSR count). The zero-order valence-corrected chi connectivity index (χ0v) is 21.8. The van der Waals surface area contributed by atoms with E-state index in [1.165, 1.54) is 0 Å². The normalized spacial score (nSPS) is 23.5. The number of hydrogen-bond acceptors (Lipinski definition) is 8. The van der Waals surface area contributed by atoms with Crippen LogP contribution in [0.4, 0.5) is 15.8 Å². The van der Waals surface area contributed by atoms with Crippen LogP contribution < -0.4 is 15.0 Å². The molecule has 5 atom stereocenters. The predicted molar refractivity (Wildman–Crippen MR) is 141 cm³/mol. The Morgan fingerprint density at radius 2 is 1.68 bits per heavy atom. The molecule has 1 aliphatic heterocycles. The molecule has 204 valence electrons. The summed E-state index contributed by atoms with van der Waals surface area (Å²) < 4.78 is 25.0. The Labute approximate surface area is 225 Å². The van der Waals surface area contributed by atoms with Gasteiger partial charge in [-0.15, -0.1) is 23.2 Å². The topological polar surface area (TPSA) is 111 Å². The summed E-state index contributed by atoms with van der Waals surface area (Å²) in [5.41, 5.74) is 2.62. The molecule has 4 N–H and O–H groups in total. The third kappa shape index (κ3) is 8.43. The number of aliphatic hydroxyl groups is 3. The highest BCUT2D eigenvalue weighted by Crippen LogP contribution is 2.26. The molecule has 2 aromatic carbocycles. The number of nitrogens with zero attached hydrogens (tertiary/aromatic N) is 1. The summed E-state index contributed by atoms with van der Waals surface area (Å²) in [6.45, 7) is 0.877. The van der Waals surface area contributed by atoms with Gasteiger partial charge in [0.05, 0.1) is 6.61 Å². The molecule has 0 bridgehead atoms. The monoisotopic (exact) mass is 558 g/mol. The second-order valence-corrected chi connectivity index (χ2v) is 9.49. The van der Waals surface area contributed by atoms with E-state index in [9.17, 15) is 24.5 Å². The van der Waals surface area contributed by atoms with Crippen molar-refractivity contribution in [3.8, 4) is 5.75 Å². The highest BCUT2D eigenvalue weighted by atomic mass is 35.5. The van der Waals surface area contributed by atoms with E-state index >= 15 is 0 Å². The van der Waals surface area contributed by atoms with Gasteiger partial charge in [0, 0.05) is 42.6 Å². The number of alkyl halides is 3. The molecule has 0 saturated carbocycles. The van der Waals surface area contributed by atoms with Gasteiger partial charge in [-0.3, -0.25) is 4.79 Å². The molecular weight excluding hydrogens is 526 g/mol. The molecule has 0 amide bonds. The number of aliphatic hydroxyl groups excluding tert-OH is 3. The number of nitrogens with one attached hydrogen (secondary N) is 1. The fourth-order valence-electron chi connectivity index (χ4n) is 4.05. The van der Waals surface area contributed by atoms with E-state index < -0.39 is 37.3 Å². The molecule has 1 heterocycles. The van der Waals surface area contributed by atoms with E-state index in [1.54, 1.807) is 24.3 Å². The van der Waals surface area contributed by atoms with Crippen LogP contribution in [0, 0.1) is 0 Å². The number of carbonyl (C=O) groups excluding carboxylic acids is 1. The number of rotatable bonds is 13. The number of hydrogen-bond donors (Lipinski definition) is 4. The Bertz CT molecular complexity index is 961. The lowest BCUT2D eigenvalue weighted by Gasteiger charge is -2.39. The highest BCUT2D eigenvalue weighted by molar-refractivity contribution is 6.18. The maximum atomic E-state index is 14.3. The molecule has 0 aliphatic carbocycles. The number of esters is 1. The summed E-state index contributed by atoms with van der Waals surface area (Å²) in [7, 11) is 0. The molecule has 1 saturated heterocycles. The van der Waals surface area contributed by atoms with E-state index in [1.807, 2.05) is 24.3 Å². The molecule has 2 aromatic rings. The number of carbonyl (C=O) groups is 1. The Balaban J connectivity index is 1.44. The van der Waals surface area contributed by atoms with Crippen LogP contribution in [0.1, 0.15) is 18.4 Å². The lowest BCUT2D eigenvalue weighted by atomic mass is 9.99. The van der Waals surface area contributed by atoms with E-state index in [4.69, 9.17) is 32.7 Å². The first kappa shape index (κ1) is 29.4. The Morgan fingerprint density at radius 3 is 2.27 bits per heavy atom. The third-order valence-electron chi connectivity index (χ3n) is 6.10. The van der Waals surface area contributed by atoms with Crippen LogP contribution in [0.2, 0.25) is 0 Å². The lowest BCUT2D eigenvalue weighted by Crippen LogP contribution is -2.59. The van der Waals surface area contributed by atoms with E-state index in [2.05, 4.69) is 10.2 Å². The van der Waals surface area contributed by atoms with Crippen molar-refractivity contribution >= 4 is 40.5 Å². The average molecular weight is 559 g/mol.